The van der Waals surface area contributed by atoms with Gasteiger partial charge in [-0.1, -0.05) is 37.5 Å². The number of aromatic nitrogens is 1. The number of nitrogens with one attached hydrogen (secondary N) is 1. The van der Waals surface area contributed by atoms with Gasteiger partial charge in [0.2, 0.25) is 0 Å². The highest BCUT2D eigenvalue weighted by Crippen LogP contribution is 2.19. The zero-order chi connectivity index (χ0) is 13.9. The molecule has 2 aromatic rings. The first-order chi connectivity index (χ1) is 9.74. The maximum absolute atomic E-state index is 12.3. The van der Waals surface area contributed by atoms with Crippen LogP contribution in [0.15, 0.2) is 30.3 Å². The van der Waals surface area contributed by atoms with Crippen LogP contribution in [0.3, 0.4) is 0 Å². The number of pyridine rings is 1. The number of benzene rings is 1. The Bertz CT molecular complexity index is 630. The largest absolute Gasteiger partial charge is 0.348 e. The Morgan fingerprint density at radius 2 is 1.95 bits per heavy atom. The molecule has 1 amide bonds. The number of carbonyl (C=O) groups is 1. The zero-order valence-electron chi connectivity index (χ0n) is 11.9. The number of hydrogen-bond donors (Lipinski definition) is 1. The van der Waals surface area contributed by atoms with Crippen LogP contribution in [0.4, 0.5) is 0 Å². The van der Waals surface area contributed by atoms with E-state index in [0.717, 1.165) is 29.3 Å². The molecule has 1 saturated carbocycles. The van der Waals surface area contributed by atoms with Gasteiger partial charge in [-0.15, -0.1) is 0 Å². The number of amides is 1. The fourth-order valence-corrected chi connectivity index (χ4v) is 2.97. The van der Waals surface area contributed by atoms with Gasteiger partial charge < -0.3 is 5.32 Å². The number of aryl methyl sites for hydroxylation is 1. The van der Waals surface area contributed by atoms with E-state index in [9.17, 15) is 4.79 Å². The highest BCUT2D eigenvalue weighted by atomic mass is 16.1. The lowest BCUT2D eigenvalue weighted by atomic mass is 9.95. The average Bonchev–Trinajstić information content (AvgIpc) is 2.48. The van der Waals surface area contributed by atoms with Crippen LogP contribution in [-0.4, -0.2) is 16.9 Å². The van der Waals surface area contributed by atoms with E-state index in [-0.39, 0.29) is 5.91 Å². The Morgan fingerprint density at radius 3 is 2.75 bits per heavy atom. The maximum Gasteiger partial charge on any atom is 0.270 e. The summed E-state index contributed by atoms with van der Waals surface area (Å²) in [5.41, 5.74) is 2.53. The molecule has 0 bridgehead atoms. The minimum atomic E-state index is -0.0363. The molecule has 1 aromatic heterocycles. The van der Waals surface area contributed by atoms with E-state index in [0.29, 0.717) is 11.7 Å². The van der Waals surface area contributed by atoms with Crippen LogP contribution in [0.1, 0.15) is 48.2 Å². The molecule has 0 atom stereocenters. The van der Waals surface area contributed by atoms with Crippen molar-refractivity contribution in [3.8, 4) is 0 Å². The minimum Gasteiger partial charge on any atom is -0.348 e. The molecule has 104 valence electrons. The van der Waals surface area contributed by atoms with E-state index in [1.54, 1.807) is 0 Å². The van der Waals surface area contributed by atoms with Crippen LogP contribution >= 0.6 is 0 Å². The fraction of sp³-hybridized carbons (Fsp3) is 0.412. The molecule has 1 aliphatic rings. The lowest BCUT2D eigenvalue weighted by Gasteiger charge is -2.22. The summed E-state index contributed by atoms with van der Waals surface area (Å²) >= 11 is 0. The number of para-hydroxylation sites is 1. The molecule has 1 heterocycles. The fourth-order valence-electron chi connectivity index (χ4n) is 2.97. The van der Waals surface area contributed by atoms with Crippen molar-refractivity contribution in [3.05, 3.63) is 41.6 Å². The van der Waals surface area contributed by atoms with Gasteiger partial charge in [-0.05, 0) is 37.5 Å². The van der Waals surface area contributed by atoms with Crippen LogP contribution in [-0.2, 0) is 0 Å². The molecular formula is C17H20N2O. The molecule has 1 N–H and O–H groups in total. The number of nitrogens with zero attached hydrogens (tertiary/aromatic N) is 1. The summed E-state index contributed by atoms with van der Waals surface area (Å²) < 4.78 is 0. The molecule has 20 heavy (non-hydrogen) atoms. The van der Waals surface area contributed by atoms with Gasteiger partial charge in [0.15, 0.2) is 0 Å². The molecule has 3 nitrogen and oxygen atoms in total. The van der Waals surface area contributed by atoms with Crippen molar-refractivity contribution < 1.29 is 4.79 Å². The summed E-state index contributed by atoms with van der Waals surface area (Å²) in [6, 6.07) is 10.2. The topological polar surface area (TPSA) is 42.0 Å². The Morgan fingerprint density at radius 1 is 1.20 bits per heavy atom. The summed E-state index contributed by atoms with van der Waals surface area (Å²) in [6.45, 7) is 2.03. The van der Waals surface area contributed by atoms with Gasteiger partial charge in [0.05, 0.1) is 5.52 Å². The SMILES string of the molecule is Cc1cc(C(=O)NC2CCCCC2)nc2ccccc12. The summed E-state index contributed by atoms with van der Waals surface area (Å²) in [4.78, 5) is 16.8. The second-order valence-electron chi connectivity index (χ2n) is 5.65. The third kappa shape index (κ3) is 2.67. The molecule has 1 aromatic carbocycles. The Balaban J connectivity index is 1.84. The van der Waals surface area contributed by atoms with Gasteiger partial charge in [-0.3, -0.25) is 4.79 Å². The van der Waals surface area contributed by atoms with Crippen LogP contribution in [0.5, 0.6) is 0 Å². The van der Waals surface area contributed by atoms with E-state index in [1.165, 1.54) is 19.3 Å². The Hall–Kier alpha value is -1.90. The predicted molar refractivity (Wildman–Crippen MR) is 80.8 cm³/mol. The molecular weight excluding hydrogens is 248 g/mol. The minimum absolute atomic E-state index is 0.0363. The van der Waals surface area contributed by atoms with Gasteiger partial charge in [-0.25, -0.2) is 4.98 Å². The van der Waals surface area contributed by atoms with E-state index in [2.05, 4.69) is 10.3 Å². The van der Waals surface area contributed by atoms with Crippen molar-refractivity contribution in [2.75, 3.05) is 0 Å². The van der Waals surface area contributed by atoms with Crippen molar-refractivity contribution in [3.63, 3.8) is 0 Å². The van der Waals surface area contributed by atoms with Crippen molar-refractivity contribution in [2.24, 2.45) is 0 Å². The maximum atomic E-state index is 12.3. The third-order valence-corrected chi connectivity index (χ3v) is 4.10. The molecule has 0 saturated heterocycles. The lowest BCUT2D eigenvalue weighted by Crippen LogP contribution is -2.36. The highest BCUT2D eigenvalue weighted by molar-refractivity contribution is 5.96. The van der Waals surface area contributed by atoms with Gasteiger partial charge in [0, 0.05) is 11.4 Å². The number of rotatable bonds is 2. The molecule has 3 rings (SSSR count). The average molecular weight is 268 g/mol. The molecule has 0 radical (unpaired) electrons. The number of carbonyl (C=O) groups excluding carboxylic acids is 1. The van der Waals surface area contributed by atoms with Crippen molar-refractivity contribution in [1.29, 1.82) is 0 Å². The summed E-state index contributed by atoms with van der Waals surface area (Å²) in [7, 11) is 0. The van der Waals surface area contributed by atoms with Gasteiger partial charge in [-0.2, -0.15) is 0 Å². The number of fused-ring (bicyclic) bond motifs is 1. The summed E-state index contributed by atoms with van der Waals surface area (Å²) in [5.74, 6) is -0.0363. The molecule has 1 aliphatic carbocycles. The third-order valence-electron chi connectivity index (χ3n) is 4.10. The summed E-state index contributed by atoms with van der Waals surface area (Å²) in [6.07, 6.45) is 5.92. The lowest BCUT2D eigenvalue weighted by molar-refractivity contribution is 0.0923. The van der Waals surface area contributed by atoms with E-state index in [4.69, 9.17) is 0 Å². The van der Waals surface area contributed by atoms with Crippen LogP contribution in [0, 0.1) is 6.92 Å². The van der Waals surface area contributed by atoms with Gasteiger partial charge in [0.1, 0.15) is 5.69 Å². The second-order valence-corrected chi connectivity index (χ2v) is 5.65. The quantitative estimate of drug-likeness (QED) is 0.904. The van der Waals surface area contributed by atoms with Crippen LogP contribution in [0.2, 0.25) is 0 Å². The van der Waals surface area contributed by atoms with E-state index >= 15 is 0 Å². The van der Waals surface area contributed by atoms with Crippen LogP contribution < -0.4 is 5.32 Å². The predicted octanol–water partition coefficient (Wildman–Crippen LogP) is 3.61. The molecule has 0 spiro atoms. The molecule has 0 aliphatic heterocycles. The van der Waals surface area contributed by atoms with Crippen molar-refractivity contribution >= 4 is 16.8 Å². The first-order valence-corrected chi connectivity index (χ1v) is 7.41. The molecule has 3 heteroatoms. The normalized spacial score (nSPS) is 16.2. The zero-order valence-corrected chi connectivity index (χ0v) is 11.9. The van der Waals surface area contributed by atoms with Crippen molar-refractivity contribution in [2.45, 2.75) is 45.1 Å². The van der Waals surface area contributed by atoms with E-state index in [1.807, 2.05) is 37.3 Å². The smallest absolute Gasteiger partial charge is 0.270 e. The second kappa shape index (κ2) is 5.61. The Kier molecular flexibility index (Phi) is 3.68. The molecule has 1 fully saturated rings. The monoisotopic (exact) mass is 268 g/mol. The van der Waals surface area contributed by atoms with Crippen LogP contribution in [0.25, 0.3) is 10.9 Å². The summed E-state index contributed by atoms with van der Waals surface area (Å²) in [5, 5.41) is 4.24. The highest BCUT2D eigenvalue weighted by Gasteiger charge is 2.18. The van der Waals surface area contributed by atoms with Gasteiger partial charge in [0.25, 0.3) is 5.91 Å². The van der Waals surface area contributed by atoms with Gasteiger partial charge >= 0.3 is 0 Å². The Labute approximate surface area is 119 Å². The van der Waals surface area contributed by atoms with E-state index < -0.39 is 0 Å². The standard InChI is InChI=1S/C17H20N2O/c1-12-11-16(19-15-10-6-5-9-14(12)15)17(20)18-13-7-3-2-4-8-13/h5-6,9-11,13H,2-4,7-8H2,1H3,(H,18,20). The van der Waals surface area contributed by atoms with Crippen molar-refractivity contribution in [1.82, 2.24) is 10.3 Å². The molecule has 0 unspecified atom stereocenters. The first kappa shape index (κ1) is 13.1. The first-order valence-electron chi connectivity index (χ1n) is 7.41. The number of hydrogen-bond acceptors (Lipinski definition) is 2.